The van der Waals surface area contributed by atoms with Crippen LogP contribution in [0.25, 0.3) is 11.3 Å². The molecule has 136 valence electrons. The van der Waals surface area contributed by atoms with Gasteiger partial charge in [0.05, 0.1) is 12.8 Å². The maximum atomic E-state index is 14.3. The predicted octanol–water partition coefficient (Wildman–Crippen LogP) is 5.90. The summed E-state index contributed by atoms with van der Waals surface area (Å²) >= 11 is 1.79. The lowest BCUT2D eigenvalue weighted by molar-refractivity contribution is 0.285. The van der Waals surface area contributed by atoms with E-state index in [-0.39, 0.29) is 17.0 Å². The van der Waals surface area contributed by atoms with Gasteiger partial charge in [-0.3, -0.25) is 0 Å². The fourth-order valence-corrected chi connectivity index (χ4v) is 2.77. The van der Waals surface area contributed by atoms with Gasteiger partial charge in [-0.25, -0.2) is 14.4 Å². The number of nitrogens with zero attached hydrogens (tertiary/aromatic N) is 2. The standard InChI is InChI=1S/C18H20F3IN2O/c1-2-3-4-5-6-7-10-25-13-9-8-12(15(19)16(13)20)17-18(21)24-14(22)11-23-17/h8-9,11H,2-7,10H2,1H3. The second kappa shape index (κ2) is 9.94. The van der Waals surface area contributed by atoms with E-state index in [2.05, 4.69) is 16.9 Å². The second-order valence-electron chi connectivity index (χ2n) is 5.69. The molecule has 2 aromatic rings. The van der Waals surface area contributed by atoms with Gasteiger partial charge in [0, 0.05) is 5.56 Å². The highest BCUT2D eigenvalue weighted by atomic mass is 127. The molecule has 1 aromatic heterocycles. The van der Waals surface area contributed by atoms with Crippen molar-refractivity contribution in [1.82, 2.24) is 9.97 Å². The highest BCUT2D eigenvalue weighted by Crippen LogP contribution is 2.30. The fraction of sp³-hybridized carbons (Fsp3) is 0.444. The first-order valence-electron chi connectivity index (χ1n) is 8.33. The van der Waals surface area contributed by atoms with Crippen LogP contribution >= 0.6 is 22.6 Å². The maximum absolute atomic E-state index is 14.3. The molecule has 0 fully saturated rings. The Kier molecular flexibility index (Phi) is 7.92. The summed E-state index contributed by atoms with van der Waals surface area (Å²) in [6, 6.07) is 2.55. The van der Waals surface area contributed by atoms with Gasteiger partial charge in [-0.2, -0.15) is 8.78 Å². The Hall–Kier alpha value is -1.38. The van der Waals surface area contributed by atoms with Gasteiger partial charge in [0.1, 0.15) is 9.39 Å². The molecule has 0 bridgehead atoms. The van der Waals surface area contributed by atoms with E-state index in [1.165, 1.54) is 37.6 Å². The van der Waals surface area contributed by atoms with Gasteiger partial charge in [0.15, 0.2) is 11.6 Å². The van der Waals surface area contributed by atoms with Gasteiger partial charge in [-0.15, -0.1) is 0 Å². The lowest BCUT2D eigenvalue weighted by atomic mass is 10.1. The average Bonchev–Trinajstić information content (AvgIpc) is 2.58. The molecule has 3 nitrogen and oxygen atoms in total. The van der Waals surface area contributed by atoms with E-state index in [9.17, 15) is 13.2 Å². The number of unbranched alkanes of at least 4 members (excludes halogenated alkanes) is 5. The minimum Gasteiger partial charge on any atom is -0.490 e. The van der Waals surface area contributed by atoms with Crippen molar-refractivity contribution in [1.29, 1.82) is 0 Å². The average molecular weight is 464 g/mol. The second-order valence-corrected chi connectivity index (χ2v) is 6.79. The Morgan fingerprint density at radius 2 is 1.72 bits per heavy atom. The molecule has 0 saturated carbocycles. The minimum atomic E-state index is -1.19. The molecule has 0 unspecified atom stereocenters. The first-order valence-corrected chi connectivity index (χ1v) is 9.41. The lowest BCUT2D eigenvalue weighted by Crippen LogP contribution is -2.03. The van der Waals surface area contributed by atoms with Crippen LogP contribution in [0.2, 0.25) is 0 Å². The van der Waals surface area contributed by atoms with Crippen LogP contribution in [0.4, 0.5) is 13.2 Å². The third kappa shape index (κ3) is 5.55. The summed E-state index contributed by atoms with van der Waals surface area (Å²) in [5, 5.41) is 0. The first-order chi connectivity index (χ1) is 12.0. The Bertz CT molecular complexity index is 713. The van der Waals surface area contributed by atoms with Crippen LogP contribution < -0.4 is 4.74 Å². The van der Waals surface area contributed by atoms with E-state index < -0.39 is 17.6 Å². The highest BCUT2D eigenvalue weighted by molar-refractivity contribution is 14.1. The summed E-state index contributed by atoms with van der Waals surface area (Å²) in [7, 11) is 0. The number of benzene rings is 1. The molecule has 0 N–H and O–H groups in total. The third-order valence-electron chi connectivity index (χ3n) is 3.76. The topological polar surface area (TPSA) is 35.0 Å². The molecule has 0 saturated heterocycles. The van der Waals surface area contributed by atoms with E-state index in [4.69, 9.17) is 4.74 Å². The first kappa shape index (κ1) is 19.9. The molecule has 0 spiro atoms. The summed E-state index contributed by atoms with van der Waals surface area (Å²) in [5.74, 6) is -3.43. The van der Waals surface area contributed by atoms with Crippen LogP contribution in [0.1, 0.15) is 45.4 Å². The van der Waals surface area contributed by atoms with Crippen LogP contribution in [0.5, 0.6) is 5.75 Å². The molecular formula is C18H20F3IN2O. The van der Waals surface area contributed by atoms with Gasteiger partial charge in [-0.1, -0.05) is 39.0 Å². The Labute approximate surface area is 159 Å². The number of halogens is 4. The largest absolute Gasteiger partial charge is 0.490 e. The van der Waals surface area contributed by atoms with Crippen molar-refractivity contribution in [3.8, 4) is 17.0 Å². The van der Waals surface area contributed by atoms with Gasteiger partial charge in [0.2, 0.25) is 11.8 Å². The molecule has 0 radical (unpaired) electrons. The lowest BCUT2D eigenvalue weighted by Gasteiger charge is -2.10. The van der Waals surface area contributed by atoms with E-state index in [0.29, 0.717) is 10.3 Å². The molecule has 1 heterocycles. The number of rotatable bonds is 9. The monoisotopic (exact) mass is 464 g/mol. The number of ether oxygens (including phenoxy) is 1. The fourth-order valence-electron chi connectivity index (χ4n) is 2.42. The number of hydrogen-bond donors (Lipinski definition) is 0. The van der Waals surface area contributed by atoms with Crippen LogP contribution in [-0.2, 0) is 0 Å². The van der Waals surface area contributed by atoms with Gasteiger partial charge in [0.25, 0.3) is 0 Å². The summed E-state index contributed by atoms with van der Waals surface area (Å²) in [4.78, 5) is 7.37. The summed E-state index contributed by atoms with van der Waals surface area (Å²) in [6.07, 6.45) is 7.74. The van der Waals surface area contributed by atoms with E-state index in [1.807, 2.05) is 0 Å². The van der Waals surface area contributed by atoms with Gasteiger partial charge in [-0.05, 0) is 41.1 Å². The van der Waals surface area contributed by atoms with Crippen LogP contribution in [0.3, 0.4) is 0 Å². The molecule has 2 rings (SSSR count). The van der Waals surface area contributed by atoms with Gasteiger partial charge >= 0.3 is 0 Å². The van der Waals surface area contributed by atoms with Crippen molar-refractivity contribution in [2.45, 2.75) is 45.4 Å². The zero-order valence-electron chi connectivity index (χ0n) is 14.0. The summed E-state index contributed by atoms with van der Waals surface area (Å²) in [5.41, 5.74) is -0.592. The molecular weight excluding hydrogens is 444 g/mol. The molecule has 0 amide bonds. The molecule has 0 aliphatic heterocycles. The summed E-state index contributed by atoms with van der Waals surface area (Å²) in [6.45, 7) is 2.47. The number of hydrogen-bond acceptors (Lipinski definition) is 3. The SMILES string of the molecule is CCCCCCCCOc1ccc(-c2ncc(I)nc2F)c(F)c1F. The Balaban J connectivity index is 2.00. The van der Waals surface area contributed by atoms with Crippen LogP contribution in [0, 0.1) is 21.3 Å². The highest BCUT2D eigenvalue weighted by Gasteiger charge is 2.19. The van der Waals surface area contributed by atoms with Crippen LogP contribution in [0.15, 0.2) is 18.3 Å². The van der Waals surface area contributed by atoms with E-state index in [1.54, 1.807) is 22.6 Å². The maximum Gasteiger partial charge on any atom is 0.240 e. The zero-order chi connectivity index (χ0) is 18.2. The molecule has 0 aliphatic carbocycles. The van der Waals surface area contributed by atoms with Crippen molar-refractivity contribution in [3.63, 3.8) is 0 Å². The Morgan fingerprint density at radius 1 is 1.00 bits per heavy atom. The van der Waals surface area contributed by atoms with Crippen molar-refractivity contribution in [2.24, 2.45) is 0 Å². The smallest absolute Gasteiger partial charge is 0.240 e. The zero-order valence-corrected chi connectivity index (χ0v) is 16.2. The van der Waals surface area contributed by atoms with Crippen molar-refractivity contribution in [2.75, 3.05) is 6.61 Å². The molecule has 25 heavy (non-hydrogen) atoms. The molecule has 0 aliphatic rings. The van der Waals surface area contributed by atoms with Crippen molar-refractivity contribution >= 4 is 22.6 Å². The van der Waals surface area contributed by atoms with Crippen LogP contribution in [-0.4, -0.2) is 16.6 Å². The number of aromatic nitrogens is 2. The summed E-state index contributed by atoms with van der Waals surface area (Å²) < 4.78 is 47.9. The van der Waals surface area contributed by atoms with E-state index >= 15 is 0 Å². The molecule has 0 atom stereocenters. The van der Waals surface area contributed by atoms with Crippen molar-refractivity contribution < 1.29 is 17.9 Å². The quantitative estimate of drug-likeness (QED) is 0.342. The Morgan fingerprint density at radius 3 is 2.44 bits per heavy atom. The van der Waals surface area contributed by atoms with E-state index in [0.717, 1.165) is 19.3 Å². The van der Waals surface area contributed by atoms with Crippen molar-refractivity contribution in [3.05, 3.63) is 39.6 Å². The minimum absolute atomic E-state index is 0.173. The molecule has 1 aromatic carbocycles. The normalized spacial score (nSPS) is 10.9. The molecule has 7 heteroatoms. The van der Waals surface area contributed by atoms with Gasteiger partial charge < -0.3 is 4.74 Å². The predicted molar refractivity (Wildman–Crippen MR) is 98.9 cm³/mol. The third-order valence-corrected chi connectivity index (χ3v) is 4.28.